The predicted molar refractivity (Wildman–Crippen MR) is 84.6 cm³/mol. The molecule has 108 valence electrons. The van der Waals surface area contributed by atoms with Crippen LogP contribution >= 0.6 is 11.8 Å². The van der Waals surface area contributed by atoms with Gasteiger partial charge in [-0.25, -0.2) is 0 Å². The van der Waals surface area contributed by atoms with E-state index in [1.807, 2.05) is 11.8 Å². The average molecular weight is 273 g/mol. The highest BCUT2D eigenvalue weighted by molar-refractivity contribution is 7.98. The third-order valence-electron chi connectivity index (χ3n) is 4.50. The van der Waals surface area contributed by atoms with Gasteiger partial charge in [0.05, 0.1) is 0 Å². The Kier molecular flexibility index (Phi) is 7.66. The van der Waals surface area contributed by atoms with Gasteiger partial charge in [-0.05, 0) is 44.2 Å². The quantitative estimate of drug-likeness (QED) is 0.682. The largest absolute Gasteiger partial charge is 0.308 e. The Morgan fingerprint density at radius 2 is 2.00 bits per heavy atom. The Labute approximate surface area is 118 Å². The number of nitrogens with one attached hydrogen (secondary N) is 1. The summed E-state index contributed by atoms with van der Waals surface area (Å²) in [7, 11) is 0. The lowest BCUT2D eigenvalue weighted by Gasteiger charge is -2.47. The minimum absolute atomic E-state index is 0.379. The zero-order chi connectivity index (χ0) is 13.4. The molecule has 0 aliphatic carbocycles. The molecule has 1 N–H and O–H groups in total. The smallest absolute Gasteiger partial charge is 0.0304 e. The lowest BCUT2D eigenvalue weighted by molar-refractivity contribution is 0.0683. The Hall–Kier alpha value is 0.270. The number of nitrogens with zero attached hydrogens (tertiary/aromatic N) is 1. The van der Waals surface area contributed by atoms with Crippen molar-refractivity contribution in [2.75, 3.05) is 31.6 Å². The van der Waals surface area contributed by atoms with Crippen LogP contribution in [-0.4, -0.2) is 48.1 Å². The first kappa shape index (κ1) is 16.3. The van der Waals surface area contributed by atoms with Crippen LogP contribution in [-0.2, 0) is 0 Å². The van der Waals surface area contributed by atoms with Crippen molar-refractivity contribution in [2.24, 2.45) is 0 Å². The summed E-state index contributed by atoms with van der Waals surface area (Å²) < 4.78 is 0. The third kappa shape index (κ3) is 4.43. The lowest BCUT2D eigenvalue weighted by Crippen LogP contribution is -2.63. The van der Waals surface area contributed by atoms with E-state index in [2.05, 4.69) is 37.2 Å². The number of piperazine rings is 1. The normalized spacial score (nSPS) is 24.3. The Balaban J connectivity index is 2.57. The van der Waals surface area contributed by atoms with E-state index in [9.17, 15) is 0 Å². The van der Waals surface area contributed by atoms with Gasteiger partial charge in [0.25, 0.3) is 0 Å². The highest BCUT2D eigenvalue weighted by atomic mass is 32.2. The van der Waals surface area contributed by atoms with E-state index in [0.717, 1.165) is 6.04 Å². The summed E-state index contributed by atoms with van der Waals surface area (Å²) in [4.78, 5) is 2.77. The van der Waals surface area contributed by atoms with Crippen LogP contribution in [0, 0.1) is 0 Å². The second-order valence-electron chi connectivity index (χ2n) is 5.63. The van der Waals surface area contributed by atoms with Gasteiger partial charge in [-0.2, -0.15) is 11.8 Å². The topological polar surface area (TPSA) is 15.3 Å². The molecular formula is C15H32N2S. The van der Waals surface area contributed by atoms with Crippen LogP contribution in [0.2, 0.25) is 0 Å². The molecule has 3 heteroatoms. The number of hydrogen-bond acceptors (Lipinski definition) is 3. The number of rotatable bonds is 8. The molecule has 0 amide bonds. The number of hydrogen-bond donors (Lipinski definition) is 1. The molecule has 1 atom stereocenters. The fourth-order valence-electron chi connectivity index (χ4n) is 3.05. The second kappa shape index (κ2) is 8.44. The highest BCUT2D eigenvalue weighted by Crippen LogP contribution is 2.24. The second-order valence-corrected chi connectivity index (χ2v) is 6.61. The van der Waals surface area contributed by atoms with Gasteiger partial charge in [-0.1, -0.05) is 27.2 Å². The van der Waals surface area contributed by atoms with Crippen LogP contribution in [0.5, 0.6) is 0 Å². The molecule has 0 aromatic heterocycles. The van der Waals surface area contributed by atoms with E-state index in [1.54, 1.807) is 0 Å². The summed E-state index contributed by atoms with van der Waals surface area (Å²) in [6.07, 6.45) is 8.70. The van der Waals surface area contributed by atoms with Crippen LogP contribution in [0.15, 0.2) is 0 Å². The van der Waals surface area contributed by atoms with Crippen molar-refractivity contribution < 1.29 is 0 Å². The Morgan fingerprint density at radius 3 is 2.56 bits per heavy atom. The maximum absolute atomic E-state index is 3.84. The number of thioether (sulfide) groups is 1. The van der Waals surface area contributed by atoms with Crippen LogP contribution in [0.1, 0.15) is 52.9 Å². The molecule has 0 saturated carbocycles. The van der Waals surface area contributed by atoms with Crippen molar-refractivity contribution in [2.45, 2.75) is 64.5 Å². The Morgan fingerprint density at radius 1 is 1.28 bits per heavy atom. The molecule has 2 nitrogen and oxygen atoms in total. The molecule has 0 spiro atoms. The first-order chi connectivity index (χ1) is 8.71. The maximum Gasteiger partial charge on any atom is 0.0304 e. The molecule has 1 aliphatic heterocycles. The van der Waals surface area contributed by atoms with E-state index >= 15 is 0 Å². The van der Waals surface area contributed by atoms with Gasteiger partial charge in [0.2, 0.25) is 0 Å². The molecule has 1 aliphatic rings. The standard InChI is InChI=1S/C15H32N2S/c1-5-9-14-12-16-15(6-2,7-3)13-17(14)10-8-11-18-4/h14,16H,5-13H2,1-4H3. The van der Waals surface area contributed by atoms with Crippen molar-refractivity contribution in [1.82, 2.24) is 10.2 Å². The fourth-order valence-corrected chi connectivity index (χ4v) is 3.47. The molecule has 0 bridgehead atoms. The van der Waals surface area contributed by atoms with Crippen LogP contribution in [0.3, 0.4) is 0 Å². The van der Waals surface area contributed by atoms with Crippen LogP contribution < -0.4 is 5.32 Å². The summed E-state index contributed by atoms with van der Waals surface area (Å²) >= 11 is 1.97. The summed E-state index contributed by atoms with van der Waals surface area (Å²) in [5, 5.41) is 3.84. The van der Waals surface area contributed by atoms with E-state index in [0.29, 0.717) is 5.54 Å². The molecule has 1 unspecified atom stereocenters. The minimum Gasteiger partial charge on any atom is -0.308 e. The monoisotopic (exact) mass is 272 g/mol. The SMILES string of the molecule is CCCC1CNC(CC)(CC)CN1CCCSC. The van der Waals surface area contributed by atoms with Gasteiger partial charge in [0, 0.05) is 24.7 Å². The summed E-state index contributed by atoms with van der Waals surface area (Å²) in [5.41, 5.74) is 0.379. The molecule has 1 fully saturated rings. The average Bonchev–Trinajstić information content (AvgIpc) is 2.41. The maximum atomic E-state index is 3.84. The molecule has 0 aromatic carbocycles. The molecule has 1 saturated heterocycles. The third-order valence-corrected chi connectivity index (χ3v) is 5.20. The van der Waals surface area contributed by atoms with E-state index in [4.69, 9.17) is 0 Å². The van der Waals surface area contributed by atoms with Crippen LogP contribution in [0.4, 0.5) is 0 Å². The first-order valence-corrected chi connectivity index (χ1v) is 9.08. The van der Waals surface area contributed by atoms with Crippen molar-refractivity contribution in [3.8, 4) is 0 Å². The predicted octanol–water partition coefficient (Wildman–Crippen LogP) is 3.37. The van der Waals surface area contributed by atoms with Crippen molar-refractivity contribution in [1.29, 1.82) is 0 Å². The van der Waals surface area contributed by atoms with E-state index in [1.165, 1.54) is 57.5 Å². The molecule has 1 rings (SSSR count). The fraction of sp³-hybridized carbons (Fsp3) is 1.00. The minimum atomic E-state index is 0.379. The first-order valence-electron chi connectivity index (χ1n) is 7.69. The van der Waals surface area contributed by atoms with Gasteiger partial charge in [0.1, 0.15) is 0 Å². The van der Waals surface area contributed by atoms with Crippen LogP contribution in [0.25, 0.3) is 0 Å². The summed E-state index contributed by atoms with van der Waals surface area (Å²) in [5.74, 6) is 1.30. The van der Waals surface area contributed by atoms with Gasteiger partial charge in [-0.15, -0.1) is 0 Å². The lowest BCUT2D eigenvalue weighted by atomic mass is 9.87. The Bertz CT molecular complexity index is 217. The highest BCUT2D eigenvalue weighted by Gasteiger charge is 2.35. The molecule has 0 aromatic rings. The molecule has 1 heterocycles. The zero-order valence-electron chi connectivity index (χ0n) is 12.8. The van der Waals surface area contributed by atoms with Crippen molar-refractivity contribution >= 4 is 11.8 Å². The zero-order valence-corrected chi connectivity index (χ0v) is 13.6. The van der Waals surface area contributed by atoms with Gasteiger partial charge in [-0.3, -0.25) is 4.90 Å². The van der Waals surface area contributed by atoms with Crippen molar-refractivity contribution in [3.63, 3.8) is 0 Å². The molecule has 18 heavy (non-hydrogen) atoms. The van der Waals surface area contributed by atoms with E-state index in [-0.39, 0.29) is 0 Å². The molecular weight excluding hydrogens is 240 g/mol. The summed E-state index contributed by atoms with van der Waals surface area (Å²) in [6, 6.07) is 0.767. The molecule has 0 radical (unpaired) electrons. The van der Waals surface area contributed by atoms with Crippen molar-refractivity contribution in [3.05, 3.63) is 0 Å². The van der Waals surface area contributed by atoms with Gasteiger partial charge in [0.15, 0.2) is 0 Å². The summed E-state index contributed by atoms with van der Waals surface area (Å²) in [6.45, 7) is 10.7. The van der Waals surface area contributed by atoms with E-state index < -0.39 is 0 Å². The van der Waals surface area contributed by atoms with Gasteiger partial charge >= 0.3 is 0 Å². The van der Waals surface area contributed by atoms with Gasteiger partial charge < -0.3 is 5.32 Å².